The first-order valence-corrected chi connectivity index (χ1v) is 7.24. The molecule has 1 aromatic rings. The number of nitrogens with one attached hydrogen (secondary N) is 1. The summed E-state index contributed by atoms with van der Waals surface area (Å²) in [5.74, 6) is 0.168. The molecule has 0 aliphatic rings. The van der Waals surface area contributed by atoms with Gasteiger partial charge < -0.3 is 21.4 Å². The van der Waals surface area contributed by atoms with Crippen molar-refractivity contribution in [3.63, 3.8) is 0 Å². The van der Waals surface area contributed by atoms with Crippen molar-refractivity contribution in [1.82, 2.24) is 5.32 Å². The Balaban J connectivity index is 2.66. The normalized spacial score (nSPS) is 15.7. The van der Waals surface area contributed by atoms with Gasteiger partial charge in [-0.25, -0.2) is 0 Å². The van der Waals surface area contributed by atoms with Crippen LogP contribution in [-0.2, 0) is 0 Å². The molecule has 2 atom stereocenters. The fraction of sp³-hybridized carbons (Fsp3) is 0.562. The molecule has 1 aromatic carbocycles. The zero-order chi connectivity index (χ0) is 15.9. The maximum absolute atomic E-state index is 10.1. The van der Waals surface area contributed by atoms with E-state index in [1.807, 2.05) is 30.3 Å². The first-order chi connectivity index (χ1) is 9.81. The lowest BCUT2D eigenvalue weighted by Gasteiger charge is -2.25. The van der Waals surface area contributed by atoms with Gasteiger partial charge in [-0.05, 0) is 17.4 Å². The highest BCUT2D eigenvalue weighted by Gasteiger charge is 2.19. The van der Waals surface area contributed by atoms with Gasteiger partial charge in [0.2, 0.25) is 0 Å². The molecule has 0 spiro atoms. The maximum atomic E-state index is 10.1. The van der Waals surface area contributed by atoms with Crippen LogP contribution in [0.15, 0.2) is 35.5 Å². The minimum absolute atomic E-state index is 0.0783. The molecule has 118 valence electrons. The van der Waals surface area contributed by atoms with E-state index in [1.165, 1.54) is 0 Å². The summed E-state index contributed by atoms with van der Waals surface area (Å²) >= 11 is 0. The molecule has 21 heavy (non-hydrogen) atoms. The number of aliphatic hydroxyl groups excluding tert-OH is 1. The van der Waals surface area contributed by atoms with Gasteiger partial charge in [0, 0.05) is 19.0 Å². The number of nitrogens with zero attached hydrogens (tertiary/aromatic N) is 1. The van der Waals surface area contributed by atoms with Crippen LogP contribution in [-0.4, -0.2) is 28.8 Å². The summed E-state index contributed by atoms with van der Waals surface area (Å²) in [4.78, 5) is 0. The van der Waals surface area contributed by atoms with Crippen LogP contribution in [0.2, 0.25) is 0 Å². The lowest BCUT2D eigenvalue weighted by molar-refractivity contribution is 0.116. The van der Waals surface area contributed by atoms with Crippen molar-refractivity contribution < 1.29 is 10.3 Å². The Morgan fingerprint density at radius 3 is 2.43 bits per heavy atom. The Labute approximate surface area is 126 Å². The molecular formula is C16H27N3O2. The maximum Gasteiger partial charge on any atom is 0.141 e. The van der Waals surface area contributed by atoms with E-state index in [4.69, 9.17) is 10.9 Å². The Hall–Kier alpha value is -1.59. The smallest absolute Gasteiger partial charge is 0.141 e. The molecule has 5 nitrogen and oxygen atoms in total. The molecule has 0 fully saturated rings. The summed E-state index contributed by atoms with van der Waals surface area (Å²) in [7, 11) is 0. The van der Waals surface area contributed by atoms with Crippen LogP contribution in [0.3, 0.4) is 0 Å². The molecule has 5 heteroatoms. The highest BCUT2D eigenvalue weighted by Crippen LogP contribution is 2.21. The Bertz CT molecular complexity index is 441. The van der Waals surface area contributed by atoms with E-state index in [0.29, 0.717) is 19.4 Å². The quantitative estimate of drug-likeness (QED) is 0.268. The second-order valence-electron chi connectivity index (χ2n) is 6.59. The number of rotatable bonds is 7. The van der Waals surface area contributed by atoms with Crippen LogP contribution < -0.4 is 11.1 Å². The SMILES string of the molecule is CC(C)(C)CC(O)CNC(C/C(N)=N/O)c1ccccc1. The third-order valence-corrected chi connectivity index (χ3v) is 3.19. The van der Waals surface area contributed by atoms with Gasteiger partial charge in [-0.15, -0.1) is 0 Å². The Kier molecular flexibility index (Phi) is 6.65. The fourth-order valence-electron chi connectivity index (χ4n) is 2.30. The first-order valence-electron chi connectivity index (χ1n) is 7.24. The van der Waals surface area contributed by atoms with Crippen molar-refractivity contribution >= 4 is 5.84 Å². The first kappa shape index (κ1) is 17.5. The molecule has 0 saturated heterocycles. The molecule has 0 amide bonds. The standard InChI is InChI=1S/C16H27N3O2/c1-16(2,3)10-13(20)11-18-14(9-15(17)19-21)12-7-5-4-6-8-12/h4-8,13-14,18,20-21H,9-11H2,1-3H3,(H2,17,19). The number of aliphatic hydroxyl groups is 1. The lowest BCUT2D eigenvalue weighted by Crippen LogP contribution is -2.34. The van der Waals surface area contributed by atoms with Gasteiger partial charge in [-0.3, -0.25) is 0 Å². The Morgan fingerprint density at radius 1 is 1.29 bits per heavy atom. The average Bonchev–Trinajstić information content (AvgIpc) is 2.42. The van der Waals surface area contributed by atoms with Crippen LogP contribution in [0, 0.1) is 5.41 Å². The van der Waals surface area contributed by atoms with Crippen molar-refractivity contribution in [1.29, 1.82) is 0 Å². The molecular weight excluding hydrogens is 266 g/mol. The molecule has 0 bridgehead atoms. The van der Waals surface area contributed by atoms with Crippen LogP contribution in [0.1, 0.15) is 45.2 Å². The molecule has 0 aliphatic carbocycles. The third-order valence-electron chi connectivity index (χ3n) is 3.19. The zero-order valence-electron chi connectivity index (χ0n) is 13.1. The lowest BCUT2D eigenvalue weighted by atomic mass is 9.89. The predicted molar refractivity (Wildman–Crippen MR) is 85.3 cm³/mol. The van der Waals surface area contributed by atoms with E-state index in [1.54, 1.807) is 0 Å². The predicted octanol–water partition coefficient (Wildman–Crippen LogP) is 2.25. The van der Waals surface area contributed by atoms with Gasteiger partial charge in [-0.2, -0.15) is 0 Å². The second kappa shape index (κ2) is 8.00. The summed E-state index contributed by atoms with van der Waals surface area (Å²) in [5.41, 5.74) is 6.74. The largest absolute Gasteiger partial charge is 0.409 e. The fourth-order valence-corrected chi connectivity index (χ4v) is 2.30. The number of amidine groups is 1. The van der Waals surface area contributed by atoms with Gasteiger partial charge in [0.1, 0.15) is 5.84 Å². The van der Waals surface area contributed by atoms with Gasteiger partial charge in [0.15, 0.2) is 0 Å². The summed E-state index contributed by atoms with van der Waals surface area (Å²) in [6, 6.07) is 9.72. The molecule has 0 radical (unpaired) electrons. The minimum Gasteiger partial charge on any atom is -0.409 e. The van der Waals surface area contributed by atoms with E-state index in [2.05, 4.69) is 31.2 Å². The minimum atomic E-state index is -0.427. The third kappa shape index (κ3) is 7.11. The number of nitrogens with two attached hydrogens (primary N) is 1. The average molecular weight is 293 g/mol. The number of oxime groups is 1. The summed E-state index contributed by atoms with van der Waals surface area (Å²) in [6.07, 6.45) is 0.678. The van der Waals surface area contributed by atoms with Crippen LogP contribution in [0.4, 0.5) is 0 Å². The molecule has 0 aromatic heterocycles. The van der Waals surface area contributed by atoms with Gasteiger partial charge in [0.25, 0.3) is 0 Å². The van der Waals surface area contributed by atoms with Crippen molar-refractivity contribution in [2.24, 2.45) is 16.3 Å². The highest BCUT2D eigenvalue weighted by atomic mass is 16.4. The van der Waals surface area contributed by atoms with Gasteiger partial charge in [0.05, 0.1) is 6.10 Å². The second-order valence-corrected chi connectivity index (χ2v) is 6.59. The Morgan fingerprint density at radius 2 is 1.90 bits per heavy atom. The van der Waals surface area contributed by atoms with E-state index >= 15 is 0 Å². The van der Waals surface area contributed by atoms with Crippen LogP contribution in [0.5, 0.6) is 0 Å². The molecule has 2 unspecified atom stereocenters. The summed E-state index contributed by atoms with van der Waals surface area (Å²) in [5, 5.41) is 25.2. The topological polar surface area (TPSA) is 90.9 Å². The molecule has 0 aliphatic heterocycles. The van der Waals surface area contributed by atoms with E-state index in [9.17, 15) is 5.11 Å². The van der Waals surface area contributed by atoms with Gasteiger partial charge in [-0.1, -0.05) is 56.3 Å². The molecule has 0 saturated carbocycles. The van der Waals surface area contributed by atoms with E-state index < -0.39 is 6.10 Å². The van der Waals surface area contributed by atoms with E-state index in [-0.39, 0.29) is 17.3 Å². The number of benzene rings is 1. The van der Waals surface area contributed by atoms with Gasteiger partial charge >= 0.3 is 0 Å². The number of hydrogen-bond donors (Lipinski definition) is 4. The van der Waals surface area contributed by atoms with Crippen molar-refractivity contribution in [2.75, 3.05) is 6.54 Å². The summed E-state index contributed by atoms with van der Waals surface area (Å²) in [6.45, 7) is 6.76. The molecule has 5 N–H and O–H groups in total. The van der Waals surface area contributed by atoms with E-state index in [0.717, 1.165) is 5.56 Å². The van der Waals surface area contributed by atoms with Crippen LogP contribution in [0.25, 0.3) is 0 Å². The van der Waals surface area contributed by atoms with Crippen molar-refractivity contribution in [3.05, 3.63) is 35.9 Å². The highest BCUT2D eigenvalue weighted by molar-refractivity contribution is 5.80. The van der Waals surface area contributed by atoms with Crippen molar-refractivity contribution in [3.8, 4) is 0 Å². The zero-order valence-corrected chi connectivity index (χ0v) is 13.1. The van der Waals surface area contributed by atoms with Crippen molar-refractivity contribution in [2.45, 2.75) is 45.8 Å². The molecule has 0 heterocycles. The summed E-state index contributed by atoms with van der Waals surface area (Å²) < 4.78 is 0. The monoisotopic (exact) mass is 293 g/mol. The molecule has 1 rings (SSSR count). The number of hydrogen-bond acceptors (Lipinski definition) is 4. The van der Waals surface area contributed by atoms with Crippen LogP contribution >= 0.6 is 0 Å².